The van der Waals surface area contributed by atoms with Gasteiger partial charge in [0.2, 0.25) is 0 Å². The number of benzene rings is 2. The van der Waals surface area contributed by atoms with Crippen molar-refractivity contribution < 1.29 is 13.9 Å². The molecule has 140 valence electrons. The van der Waals surface area contributed by atoms with E-state index in [9.17, 15) is 9.18 Å². The Morgan fingerprint density at radius 2 is 1.89 bits per heavy atom. The highest BCUT2D eigenvalue weighted by Crippen LogP contribution is 2.34. The first kappa shape index (κ1) is 17.9. The summed E-state index contributed by atoms with van der Waals surface area (Å²) in [5.74, 6) is 0.557. The minimum Gasteiger partial charge on any atom is -0.481 e. The van der Waals surface area contributed by atoms with Crippen LogP contribution in [0.15, 0.2) is 48.5 Å². The minimum absolute atomic E-state index is 0.0259. The summed E-state index contributed by atoms with van der Waals surface area (Å²) in [6, 6.07) is 13.9. The molecule has 4 nitrogen and oxygen atoms in total. The van der Waals surface area contributed by atoms with Gasteiger partial charge >= 0.3 is 0 Å². The maximum atomic E-state index is 13.0. The molecule has 4 rings (SSSR count). The summed E-state index contributed by atoms with van der Waals surface area (Å²) in [5.41, 5.74) is 1.05. The first-order valence-electron chi connectivity index (χ1n) is 9.16. The Hall–Kier alpha value is -2.47. The van der Waals surface area contributed by atoms with E-state index in [0.29, 0.717) is 24.8 Å². The van der Waals surface area contributed by atoms with E-state index in [1.54, 1.807) is 30.4 Å². The van der Waals surface area contributed by atoms with Crippen LogP contribution in [0.5, 0.6) is 5.75 Å². The number of ether oxygens (including phenoxy) is 1. The lowest BCUT2D eigenvalue weighted by Gasteiger charge is -2.32. The first-order chi connectivity index (χ1) is 13.1. The van der Waals surface area contributed by atoms with E-state index in [1.165, 1.54) is 21.8 Å². The predicted octanol–water partition coefficient (Wildman–Crippen LogP) is 4.61. The van der Waals surface area contributed by atoms with E-state index in [-0.39, 0.29) is 11.7 Å². The zero-order chi connectivity index (χ0) is 18.8. The first-order valence-corrected chi connectivity index (χ1v) is 9.98. The average Bonchev–Trinajstić information content (AvgIpc) is 3.13. The quantitative estimate of drug-likeness (QED) is 0.660. The third-order valence-electron chi connectivity index (χ3n) is 4.94. The van der Waals surface area contributed by atoms with Crippen molar-refractivity contribution in [3.8, 4) is 5.75 Å². The molecule has 1 aliphatic rings. The zero-order valence-corrected chi connectivity index (χ0v) is 15.9. The highest BCUT2D eigenvalue weighted by molar-refractivity contribution is 7.18. The van der Waals surface area contributed by atoms with Crippen LogP contribution in [-0.4, -0.2) is 35.0 Å². The molecule has 0 bridgehead atoms. The number of halogens is 1. The van der Waals surface area contributed by atoms with Crippen LogP contribution in [0, 0.1) is 5.82 Å². The van der Waals surface area contributed by atoms with Crippen LogP contribution in [0.4, 0.5) is 4.39 Å². The van der Waals surface area contributed by atoms with Crippen LogP contribution in [0.25, 0.3) is 10.2 Å². The smallest absolute Gasteiger partial charge is 0.263 e. The van der Waals surface area contributed by atoms with Crippen LogP contribution in [-0.2, 0) is 4.79 Å². The number of hydrogen-bond donors (Lipinski definition) is 0. The van der Waals surface area contributed by atoms with Crippen molar-refractivity contribution in [3.05, 3.63) is 59.4 Å². The number of fused-ring (bicyclic) bond motifs is 1. The molecule has 2 aromatic carbocycles. The summed E-state index contributed by atoms with van der Waals surface area (Å²) in [4.78, 5) is 19.3. The molecular weight excluding hydrogens is 363 g/mol. The number of aromatic nitrogens is 1. The van der Waals surface area contributed by atoms with Crippen molar-refractivity contribution in [2.75, 3.05) is 13.1 Å². The molecule has 6 heteroatoms. The van der Waals surface area contributed by atoms with E-state index < -0.39 is 6.10 Å². The summed E-state index contributed by atoms with van der Waals surface area (Å²) in [5, 5.41) is 1.17. The van der Waals surface area contributed by atoms with Gasteiger partial charge in [-0.1, -0.05) is 12.1 Å². The molecule has 27 heavy (non-hydrogen) atoms. The highest BCUT2D eigenvalue weighted by atomic mass is 32.1. The Morgan fingerprint density at radius 1 is 1.19 bits per heavy atom. The standard InChI is InChI=1S/C21H21FN2O2S/c1-14(26-17-8-6-16(22)7-9-17)21(25)24-12-10-15(11-13-24)20-23-18-4-2-3-5-19(18)27-20/h2-9,14-15H,10-13H2,1H3. The Morgan fingerprint density at radius 3 is 2.59 bits per heavy atom. The molecule has 1 fully saturated rings. The number of likely N-dealkylation sites (tertiary alicyclic amines) is 1. The molecule has 1 aromatic heterocycles. The van der Waals surface area contributed by atoms with Crippen LogP contribution in [0.1, 0.15) is 30.7 Å². The predicted molar refractivity (Wildman–Crippen MR) is 105 cm³/mol. The van der Waals surface area contributed by atoms with Gasteiger partial charge in [0.05, 0.1) is 15.2 Å². The van der Waals surface area contributed by atoms with Gasteiger partial charge in [-0.25, -0.2) is 9.37 Å². The average molecular weight is 384 g/mol. The number of thiazole rings is 1. The summed E-state index contributed by atoms with van der Waals surface area (Å²) < 4.78 is 19.9. The van der Waals surface area contributed by atoms with E-state index in [1.807, 2.05) is 23.1 Å². The fourth-order valence-electron chi connectivity index (χ4n) is 3.44. The third kappa shape index (κ3) is 3.95. The van der Waals surface area contributed by atoms with Gasteiger partial charge in [0, 0.05) is 19.0 Å². The van der Waals surface area contributed by atoms with Gasteiger partial charge in [-0.05, 0) is 56.2 Å². The second-order valence-corrected chi connectivity index (χ2v) is 7.90. The number of hydrogen-bond acceptors (Lipinski definition) is 4. The zero-order valence-electron chi connectivity index (χ0n) is 15.1. The second kappa shape index (κ2) is 7.64. The second-order valence-electron chi connectivity index (χ2n) is 6.83. The lowest BCUT2D eigenvalue weighted by Crippen LogP contribution is -2.44. The van der Waals surface area contributed by atoms with Gasteiger partial charge in [0.25, 0.3) is 5.91 Å². The van der Waals surface area contributed by atoms with Gasteiger partial charge in [0.1, 0.15) is 11.6 Å². The van der Waals surface area contributed by atoms with E-state index in [4.69, 9.17) is 9.72 Å². The molecular formula is C21H21FN2O2S. The molecule has 1 atom stereocenters. The Labute approximate surface area is 161 Å². The maximum absolute atomic E-state index is 13.0. The van der Waals surface area contributed by atoms with Gasteiger partial charge < -0.3 is 9.64 Å². The molecule has 0 saturated carbocycles. The summed E-state index contributed by atoms with van der Waals surface area (Å²) in [7, 11) is 0. The number of carbonyl (C=O) groups is 1. The van der Waals surface area contributed by atoms with Crippen molar-refractivity contribution in [3.63, 3.8) is 0 Å². The molecule has 0 aliphatic carbocycles. The van der Waals surface area contributed by atoms with Crippen molar-refractivity contribution in [2.45, 2.75) is 31.8 Å². The fourth-order valence-corrected chi connectivity index (χ4v) is 4.57. The monoisotopic (exact) mass is 384 g/mol. The normalized spacial score (nSPS) is 16.4. The SMILES string of the molecule is CC(Oc1ccc(F)cc1)C(=O)N1CCC(c2nc3ccccc3s2)CC1. The number of para-hydroxylation sites is 1. The van der Waals surface area contributed by atoms with Gasteiger partial charge in [-0.3, -0.25) is 4.79 Å². The Balaban J connectivity index is 1.35. The van der Waals surface area contributed by atoms with Crippen molar-refractivity contribution in [1.29, 1.82) is 0 Å². The third-order valence-corrected chi connectivity index (χ3v) is 6.14. The molecule has 2 heterocycles. The Bertz CT molecular complexity index is 900. The number of carbonyl (C=O) groups excluding carboxylic acids is 1. The van der Waals surface area contributed by atoms with Crippen LogP contribution in [0.3, 0.4) is 0 Å². The van der Waals surface area contributed by atoms with E-state index >= 15 is 0 Å². The largest absolute Gasteiger partial charge is 0.481 e. The summed E-state index contributed by atoms with van der Waals surface area (Å²) in [6.07, 6.45) is 1.23. The highest BCUT2D eigenvalue weighted by Gasteiger charge is 2.29. The van der Waals surface area contributed by atoms with Crippen LogP contribution >= 0.6 is 11.3 Å². The lowest BCUT2D eigenvalue weighted by atomic mass is 9.97. The van der Waals surface area contributed by atoms with Crippen LogP contribution in [0.2, 0.25) is 0 Å². The molecule has 1 aliphatic heterocycles. The molecule has 1 saturated heterocycles. The number of piperidine rings is 1. The van der Waals surface area contributed by atoms with Gasteiger partial charge in [0.15, 0.2) is 6.10 Å². The summed E-state index contributed by atoms with van der Waals surface area (Å²) in [6.45, 7) is 3.15. The Kier molecular flexibility index (Phi) is 5.07. The fraction of sp³-hybridized carbons (Fsp3) is 0.333. The van der Waals surface area contributed by atoms with Gasteiger partial charge in [-0.15, -0.1) is 11.3 Å². The molecule has 3 aromatic rings. The molecule has 0 spiro atoms. The summed E-state index contributed by atoms with van der Waals surface area (Å²) >= 11 is 1.75. The van der Waals surface area contributed by atoms with E-state index in [2.05, 4.69) is 6.07 Å². The van der Waals surface area contributed by atoms with Gasteiger partial charge in [-0.2, -0.15) is 0 Å². The van der Waals surface area contributed by atoms with Crippen molar-refractivity contribution in [2.24, 2.45) is 0 Å². The lowest BCUT2D eigenvalue weighted by molar-refractivity contribution is -0.139. The number of nitrogens with zero attached hydrogens (tertiary/aromatic N) is 2. The molecule has 1 amide bonds. The minimum atomic E-state index is -0.588. The molecule has 1 unspecified atom stereocenters. The molecule has 0 N–H and O–H groups in total. The topological polar surface area (TPSA) is 42.4 Å². The van der Waals surface area contributed by atoms with Crippen molar-refractivity contribution >= 4 is 27.5 Å². The van der Waals surface area contributed by atoms with Crippen LogP contribution < -0.4 is 4.74 Å². The van der Waals surface area contributed by atoms with Crippen molar-refractivity contribution in [1.82, 2.24) is 9.88 Å². The number of rotatable bonds is 4. The molecule has 0 radical (unpaired) electrons. The van der Waals surface area contributed by atoms with E-state index in [0.717, 1.165) is 18.4 Å². The maximum Gasteiger partial charge on any atom is 0.263 e. The number of amides is 1.